The maximum atomic E-state index is 13.1. The molecule has 0 aliphatic carbocycles. The van der Waals surface area contributed by atoms with Crippen LogP contribution in [0.5, 0.6) is 5.75 Å². The van der Waals surface area contributed by atoms with Gasteiger partial charge in [0.05, 0.1) is 7.11 Å². The molecule has 1 aliphatic heterocycles. The second-order valence-corrected chi connectivity index (χ2v) is 7.60. The number of rotatable bonds is 6. The number of benzene rings is 2. The summed E-state index contributed by atoms with van der Waals surface area (Å²) in [5.41, 5.74) is 1.75. The van der Waals surface area contributed by atoms with Crippen molar-refractivity contribution in [1.29, 1.82) is 0 Å². The van der Waals surface area contributed by atoms with E-state index in [1.165, 1.54) is 11.8 Å². The average Bonchev–Trinajstić information content (AvgIpc) is 3.45. The summed E-state index contributed by atoms with van der Waals surface area (Å²) in [4.78, 5) is 15.0. The fourth-order valence-electron chi connectivity index (χ4n) is 3.20. The summed E-state index contributed by atoms with van der Waals surface area (Å²) in [7, 11) is 1.62. The molecule has 0 unspecified atom stereocenters. The largest absolute Gasteiger partial charge is 0.497 e. The summed E-state index contributed by atoms with van der Waals surface area (Å²) in [5.74, 6) is 1.28. The number of aromatic nitrogens is 2. The Morgan fingerprint density at radius 2 is 1.79 bits per heavy atom. The molecular weight excluding hydrogens is 374 g/mol. The molecule has 1 atom stereocenters. The zero-order valence-electron chi connectivity index (χ0n) is 15.6. The summed E-state index contributed by atoms with van der Waals surface area (Å²) in [6, 6.07) is 17.2. The molecule has 6 nitrogen and oxygen atoms in total. The van der Waals surface area contributed by atoms with E-state index >= 15 is 0 Å². The van der Waals surface area contributed by atoms with E-state index < -0.39 is 5.25 Å². The molecule has 0 bridgehead atoms. The molecule has 1 amide bonds. The Kier molecular flexibility index (Phi) is 5.62. The molecule has 0 radical (unpaired) electrons. The van der Waals surface area contributed by atoms with E-state index in [-0.39, 0.29) is 5.91 Å². The summed E-state index contributed by atoms with van der Waals surface area (Å²) >= 11 is 1.30. The third-order valence-electron chi connectivity index (χ3n) is 4.71. The van der Waals surface area contributed by atoms with Crippen LogP contribution in [0.1, 0.15) is 23.7 Å². The Balaban J connectivity index is 1.56. The lowest BCUT2D eigenvalue weighted by Crippen LogP contribution is -2.31. The van der Waals surface area contributed by atoms with Crippen molar-refractivity contribution in [2.75, 3.05) is 20.2 Å². The van der Waals surface area contributed by atoms with Crippen LogP contribution in [0.25, 0.3) is 11.5 Å². The SMILES string of the molecule is COc1ccc(-c2nnc(S[C@H](C(=O)N3CCCC3)c3ccccc3)o2)cc1. The van der Waals surface area contributed by atoms with Crippen molar-refractivity contribution >= 4 is 17.7 Å². The number of carbonyl (C=O) groups excluding carboxylic acids is 1. The highest BCUT2D eigenvalue weighted by atomic mass is 32.2. The lowest BCUT2D eigenvalue weighted by molar-refractivity contribution is -0.129. The first-order chi connectivity index (χ1) is 13.7. The molecule has 0 N–H and O–H groups in total. The van der Waals surface area contributed by atoms with Gasteiger partial charge in [-0.3, -0.25) is 4.79 Å². The molecule has 4 rings (SSSR count). The second kappa shape index (κ2) is 8.48. The van der Waals surface area contributed by atoms with Gasteiger partial charge in [0.1, 0.15) is 11.0 Å². The monoisotopic (exact) mass is 395 g/mol. The van der Waals surface area contributed by atoms with Gasteiger partial charge in [-0.05, 0) is 54.4 Å². The smallest absolute Gasteiger partial charge is 0.277 e. The third-order valence-corrected chi connectivity index (χ3v) is 5.78. The molecule has 2 aromatic carbocycles. The van der Waals surface area contributed by atoms with Gasteiger partial charge in [0.2, 0.25) is 11.8 Å². The van der Waals surface area contributed by atoms with Gasteiger partial charge in [0.25, 0.3) is 5.22 Å². The van der Waals surface area contributed by atoms with E-state index in [1.807, 2.05) is 59.5 Å². The van der Waals surface area contributed by atoms with Crippen molar-refractivity contribution in [3.63, 3.8) is 0 Å². The van der Waals surface area contributed by atoms with Crippen LogP contribution in [0, 0.1) is 0 Å². The van der Waals surface area contributed by atoms with E-state index in [9.17, 15) is 4.79 Å². The number of hydrogen-bond donors (Lipinski definition) is 0. The van der Waals surface area contributed by atoms with Crippen molar-refractivity contribution in [3.8, 4) is 17.2 Å². The number of methoxy groups -OCH3 is 1. The zero-order chi connectivity index (χ0) is 19.3. The molecule has 2 heterocycles. The molecule has 7 heteroatoms. The van der Waals surface area contributed by atoms with E-state index in [0.717, 1.165) is 42.8 Å². The average molecular weight is 395 g/mol. The topological polar surface area (TPSA) is 68.5 Å². The molecule has 1 fully saturated rings. The predicted octanol–water partition coefficient (Wildman–Crippen LogP) is 4.20. The first kappa shape index (κ1) is 18.6. The molecule has 3 aromatic rings. The standard InChI is InChI=1S/C21H21N3O3S/c1-26-17-11-9-16(10-12-17)19-22-23-21(27-19)28-18(15-7-3-2-4-8-15)20(25)24-13-5-6-14-24/h2-4,7-12,18H,5-6,13-14H2,1H3/t18-/m0/s1. The van der Waals surface area contributed by atoms with Crippen LogP contribution in [0.4, 0.5) is 0 Å². The Labute approximate surface area is 167 Å². The summed E-state index contributed by atoms with van der Waals surface area (Å²) in [6.45, 7) is 1.62. The van der Waals surface area contributed by atoms with Gasteiger partial charge in [-0.1, -0.05) is 30.3 Å². The van der Waals surface area contributed by atoms with Crippen LogP contribution in [-0.2, 0) is 4.79 Å². The number of nitrogens with zero attached hydrogens (tertiary/aromatic N) is 3. The van der Waals surface area contributed by atoms with E-state index in [1.54, 1.807) is 7.11 Å². The fourth-order valence-corrected chi connectivity index (χ4v) is 4.16. The van der Waals surface area contributed by atoms with Crippen LogP contribution in [-0.4, -0.2) is 41.2 Å². The summed E-state index contributed by atoms with van der Waals surface area (Å²) < 4.78 is 11.0. The number of likely N-dealkylation sites (tertiary alicyclic amines) is 1. The lowest BCUT2D eigenvalue weighted by atomic mass is 10.1. The molecule has 1 saturated heterocycles. The van der Waals surface area contributed by atoms with Crippen molar-refractivity contribution in [1.82, 2.24) is 15.1 Å². The van der Waals surface area contributed by atoms with Crippen LogP contribution in [0.15, 0.2) is 64.2 Å². The van der Waals surface area contributed by atoms with Gasteiger partial charge in [0.15, 0.2) is 0 Å². The quantitative estimate of drug-likeness (QED) is 0.583. The highest BCUT2D eigenvalue weighted by molar-refractivity contribution is 8.00. The Morgan fingerprint density at radius 3 is 2.46 bits per heavy atom. The third kappa shape index (κ3) is 4.04. The van der Waals surface area contributed by atoms with Crippen molar-refractivity contribution in [2.24, 2.45) is 0 Å². The van der Waals surface area contributed by atoms with E-state index in [4.69, 9.17) is 9.15 Å². The first-order valence-corrected chi connectivity index (χ1v) is 10.1. The van der Waals surface area contributed by atoms with Crippen molar-refractivity contribution in [3.05, 3.63) is 60.2 Å². The molecule has 0 spiro atoms. The highest BCUT2D eigenvalue weighted by Crippen LogP contribution is 2.37. The van der Waals surface area contributed by atoms with Crippen LogP contribution in [0.2, 0.25) is 0 Å². The van der Waals surface area contributed by atoms with Gasteiger partial charge in [-0.25, -0.2) is 0 Å². The van der Waals surface area contributed by atoms with Gasteiger partial charge < -0.3 is 14.1 Å². The molecule has 144 valence electrons. The Hall–Kier alpha value is -2.80. The second-order valence-electron chi connectivity index (χ2n) is 6.54. The number of hydrogen-bond acceptors (Lipinski definition) is 6. The maximum Gasteiger partial charge on any atom is 0.277 e. The zero-order valence-corrected chi connectivity index (χ0v) is 16.4. The van der Waals surface area contributed by atoms with Gasteiger partial charge >= 0.3 is 0 Å². The summed E-state index contributed by atoms with van der Waals surface area (Å²) in [6.07, 6.45) is 2.11. The van der Waals surface area contributed by atoms with Gasteiger partial charge in [0, 0.05) is 18.7 Å². The summed E-state index contributed by atoms with van der Waals surface area (Å²) in [5, 5.41) is 8.28. The number of carbonyl (C=O) groups is 1. The molecule has 1 aliphatic rings. The highest BCUT2D eigenvalue weighted by Gasteiger charge is 2.30. The number of ether oxygens (including phenoxy) is 1. The minimum atomic E-state index is -0.400. The van der Waals surface area contributed by atoms with Gasteiger partial charge in [-0.2, -0.15) is 0 Å². The van der Waals surface area contributed by atoms with Crippen molar-refractivity contribution < 1.29 is 13.9 Å². The minimum Gasteiger partial charge on any atom is -0.497 e. The molecule has 1 aromatic heterocycles. The first-order valence-electron chi connectivity index (χ1n) is 9.23. The number of amides is 1. The Bertz CT molecular complexity index is 922. The molecule has 0 saturated carbocycles. The van der Waals surface area contributed by atoms with Crippen molar-refractivity contribution in [2.45, 2.75) is 23.3 Å². The molecule has 28 heavy (non-hydrogen) atoms. The van der Waals surface area contributed by atoms with Gasteiger partial charge in [-0.15, -0.1) is 10.2 Å². The number of thioether (sulfide) groups is 1. The molecular formula is C21H21N3O3S. The van der Waals surface area contributed by atoms with Crippen LogP contribution >= 0.6 is 11.8 Å². The van der Waals surface area contributed by atoms with Crippen LogP contribution in [0.3, 0.4) is 0 Å². The van der Waals surface area contributed by atoms with E-state index in [2.05, 4.69) is 10.2 Å². The minimum absolute atomic E-state index is 0.0953. The Morgan fingerprint density at radius 1 is 1.07 bits per heavy atom. The van der Waals surface area contributed by atoms with Crippen LogP contribution < -0.4 is 4.74 Å². The maximum absolute atomic E-state index is 13.1. The van der Waals surface area contributed by atoms with E-state index in [0.29, 0.717) is 11.1 Å². The lowest BCUT2D eigenvalue weighted by Gasteiger charge is -2.22. The normalized spacial score (nSPS) is 14.8. The predicted molar refractivity (Wildman–Crippen MR) is 107 cm³/mol. The fraction of sp³-hybridized carbons (Fsp3) is 0.286.